The zero-order chi connectivity index (χ0) is 17.1. The molecule has 23 heavy (non-hydrogen) atoms. The van der Waals surface area contributed by atoms with Crippen LogP contribution in [0.3, 0.4) is 0 Å². The molecule has 3 N–H and O–H groups in total. The zero-order valence-corrected chi connectivity index (χ0v) is 14.3. The molecule has 0 aromatic heterocycles. The van der Waals surface area contributed by atoms with E-state index in [1.165, 1.54) is 7.11 Å². The molecular formula is C16H30N4O3. The first-order chi connectivity index (χ1) is 11.1. The predicted molar refractivity (Wildman–Crippen MR) is 90.0 cm³/mol. The number of piperidine rings is 1. The molecule has 1 unspecified atom stereocenters. The number of ether oxygens (including phenoxy) is 1. The highest BCUT2D eigenvalue weighted by Gasteiger charge is 2.23. The molecule has 7 heteroatoms. The van der Waals surface area contributed by atoms with Gasteiger partial charge in [0.05, 0.1) is 7.11 Å². The summed E-state index contributed by atoms with van der Waals surface area (Å²) < 4.78 is 4.62. The van der Waals surface area contributed by atoms with Crippen molar-refractivity contribution in [1.82, 2.24) is 10.2 Å². The molecule has 1 heterocycles. The van der Waals surface area contributed by atoms with Crippen LogP contribution in [0.25, 0.3) is 0 Å². The van der Waals surface area contributed by atoms with Crippen LogP contribution in [-0.4, -0.2) is 56.5 Å². The molecule has 1 rings (SSSR count). The monoisotopic (exact) mass is 326 g/mol. The number of methoxy groups -OCH3 is 1. The Balaban J connectivity index is 2.25. The number of rotatable bonds is 8. The van der Waals surface area contributed by atoms with Crippen molar-refractivity contribution in [3.05, 3.63) is 0 Å². The number of nitrogens with one attached hydrogen (secondary N) is 1. The minimum atomic E-state index is -0.231. The summed E-state index contributed by atoms with van der Waals surface area (Å²) in [4.78, 5) is 28.6. The maximum absolute atomic E-state index is 11.1. The lowest BCUT2D eigenvalue weighted by atomic mass is 9.95. The van der Waals surface area contributed by atoms with Gasteiger partial charge in [0.25, 0.3) is 0 Å². The highest BCUT2D eigenvalue weighted by atomic mass is 16.5. The van der Waals surface area contributed by atoms with Gasteiger partial charge in [-0.25, -0.2) is 0 Å². The van der Waals surface area contributed by atoms with Gasteiger partial charge in [0.2, 0.25) is 5.91 Å². The Labute approximate surface area is 138 Å². The number of nitrogens with zero attached hydrogens (tertiary/aromatic N) is 2. The minimum absolute atomic E-state index is 0.150. The van der Waals surface area contributed by atoms with Crippen LogP contribution in [0.15, 0.2) is 4.99 Å². The summed E-state index contributed by atoms with van der Waals surface area (Å²) in [7, 11) is 3.19. The molecule has 0 aromatic rings. The third-order valence-corrected chi connectivity index (χ3v) is 4.09. The number of nitrogens with two attached hydrogens (primary N) is 1. The summed E-state index contributed by atoms with van der Waals surface area (Å²) in [5.41, 5.74) is 5.30. The van der Waals surface area contributed by atoms with E-state index in [4.69, 9.17) is 5.73 Å². The Kier molecular flexibility index (Phi) is 9.09. The lowest BCUT2D eigenvalue weighted by molar-refractivity contribution is -0.140. The van der Waals surface area contributed by atoms with E-state index in [1.807, 2.05) is 0 Å². The maximum atomic E-state index is 11.1. The van der Waals surface area contributed by atoms with Crippen molar-refractivity contribution in [2.75, 3.05) is 33.8 Å². The summed E-state index contributed by atoms with van der Waals surface area (Å²) >= 11 is 0. The van der Waals surface area contributed by atoms with Crippen LogP contribution in [0.1, 0.15) is 44.9 Å². The van der Waals surface area contributed by atoms with E-state index in [2.05, 4.69) is 19.9 Å². The summed E-state index contributed by atoms with van der Waals surface area (Å²) in [5, 5.41) is 3.36. The lowest BCUT2D eigenvalue weighted by Crippen LogP contribution is -2.47. The quantitative estimate of drug-likeness (QED) is 0.299. The number of hydrogen-bond donors (Lipinski definition) is 2. The highest BCUT2D eigenvalue weighted by molar-refractivity contribution is 5.80. The van der Waals surface area contributed by atoms with E-state index < -0.39 is 0 Å². The number of esters is 1. The van der Waals surface area contributed by atoms with Crippen molar-refractivity contribution in [2.24, 2.45) is 16.6 Å². The predicted octanol–water partition coefficient (Wildman–Crippen LogP) is 0.883. The molecule has 0 bridgehead atoms. The van der Waals surface area contributed by atoms with Crippen LogP contribution in [0.5, 0.6) is 0 Å². The van der Waals surface area contributed by atoms with Gasteiger partial charge in [0.1, 0.15) is 0 Å². The molecule has 0 saturated carbocycles. The average Bonchev–Trinajstić information content (AvgIpc) is 2.53. The van der Waals surface area contributed by atoms with E-state index >= 15 is 0 Å². The Hall–Kier alpha value is -1.79. The first-order valence-corrected chi connectivity index (χ1v) is 8.37. The summed E-state index contributed by atoms with van der Waals surface area (Å²) in [5.74, 6) is 0.819. The van der Waals surface area contributed by atoms with Crippen LogP contribution in [0.2, 0.25) is 0 Å². The van der Waals surface area contributed by atoms with Gasteiger partial charge in [-0.15, -0.1) is 0 Å². The van der Waals surface area contributed by atoms with Gasteiger partial charge < -0.3 is 20.7 Å². The third-order valence-electron chi connectivity index (χ3n) is 4.09. The zero-order valence-electron chi connectivity index (χ0n) is 14.3. The smallest absolute Gasteiger partial charge is 0.305 e. The van der Waals surface area contributed by atoms with Crippen LogP contribution >= 0.6 is 0 Å². The number of likely N-dealkylation sites (tertiary alicyclic amines) is 1. The van der Waals surface area contributed by atoms with Crippen molar-refractivity contribution in [1.29, 1.82) is 0 Å². The summed E-state index contributed by atoms with van der Waals surface area (Å²) in [6.45, 7) is 2.60. The number of primary amides is 1. The fourth-order valence-electron chi connectivity index (χ4n) is 2.91. The number of carbonyl (C=O) groups is 2. The van der Waals surface area contributed by atoms with Crippen molar-refractivity contribution in [2.45, 2.75) is 44.9 Å². The lowest BCUT2D eigenvalue weighted by Gasteiger charge is -2.34. The molecule has 1 fully saturated rings. The molecule has 1 aliphatic heterocycles. The van der Waals surface area contributed by atoms with Gasteiger partial charge in [0.15, 0.2) is 5.96 Å². The summed E-state index contributed by atoms with van der Waals surface area (Å²) in [6.07, 6.45) is 5.82. The van der Waals surface area contributed by atoms with Crippen molar-refractivity contribution in [3.63, 3.8) is 0 Å². The standard InChI is InChI=1S/C16H30N4O3/c1-18-16(19-9-5-3-4-8-15(22)23-2)20-10-6-7-13(12-20)11-14(17)21/h13H,3-12H2,1-2H3,(H2,17,21)(H,18,19). The summed E-state index contributed by atoms with van der Waals surface area (Å²) in [6, 6.07) is 0. The molecule has 1 aliphatic rings. The topological polar surface area (TPSA) is 97.0 Å². The Morgan fingerprint density at radius 1 is 1.35 bits per heavy atom. The molecule has 0 aliphatic carbocycles. The number of hydrogen-bond acceptors (Lipinski definition) is 4. The first kappa shape index (κ1) is 19.3. The number of carbonyl (C=O) groups excluding carboxylic acids is 2. The molecular weight excluding hydrogens is 296 g/mol. The normalized spacial score (nSPS) is 18.6. The van der Waals surface area contributed by atoms with Crippen LogP contribution in [0, 0.1) is 5.92 Å². The van der Waals surface area contributed by atoms with Gasteiger partial charge in [-0.3, -0.25) is 14.6 Å². The van der Waals surface area contributed by atoms with Gasteiger partial charge >= 0.3 is 5.97 Å². The fourth-order valence-corrected chi connectivity index (χ4v) is 2.91. The maximum Gasteiger partial charge on any atom is 0.305 e. The number of guanidine groups is 1. The van der Waals surface area contributed by atoms with E-state index in [-0.39, 0.29) is 11.9 Å². The second kappa shape index (κ2) is 10.9. The van der Waals surface area contributed by atoms with Crippen molar-refractivity contribution >= 4 is 17.8 Å². The van der Waals surface area contributed by atoms with Crippen molar-refractivity contribution < 1.29 is 14.3 Å². The molecule has 1 amide bonds. The van der Waals surface area contributed by atoms with Crippen LogP contribution in [0.4, 0.5) is 0 Å². The van der Waals surface area contributed by atoms with Gasteiger partial charge in [-0.1, -0.05) is 6.42 Å². The minimum Gasteiger partial charge on any atom is -0.469 e. The van der Waals surface area contributed by atoms with Crippen LogP contribution in [-0.2, 0) is 14.3 Å². The molecule has 0 spiro atoms. The number of unbranched alkanes of at least 4 members (excludes halogenated alkanes) is 2. The molecule has 1 atom stereocenters. The molecule has 7 nitrogen and oxygen atoms in total. The van der Waals surface area contributed by atoms with Gasteiger partial charge in [-0.05, 0) is 31.6 Å². The third kappa shape index (κ3) is 7.85. The number of aliphatic imine (C=N–C) groups is 1. The molecule has 1 saturated heterocycles. The Morgan fingerprint density at radius 2 is 2.13 bits per heavy atom. The van der Waals surface area contributed by atoms with E-state index in [9.17, 15) is 9.59 Å². The fraction of sp³-hybridized carbons (Fsp3) is 0.812. The van der Waals surface area contributed by atoms with Gasteiger partial charge in [0, 0.05) is 39.5 Å². The second-order valence-electron chi connectivity index (χ2n) is 5.99. The van der Waals surface area contributed by atoms with Gasteiger partial charge in [-0.2, -0.15) is 0 Å². The largest absolute Gasteiger partial charge is 0.469 e. The average molecular weight is 326 g/mol. The van der Waals surface area contributed by atoms with E-state index in [1.54, 1.807) is 7.05 Å². The number of amides is 1. The van der Waals surface area contributed by atoms with Crippen molar-refractivity contribution in [3.8, 4) is 0 Å². The SMILES string of the molecule is CN=C(NCCCCCC(=O)OC)N1CCCC(CC(N)=O)C1. The molecule has 0 aromatic carbocycles. The molecule has 132 valence electrons. The Morgan fingerprint density at radius 3 is 2.78 bits per heavy atom. The van der Waals surface area contributed by atoms with Crippen LogP contribution < -0.4 is 11.1 Å². The first-order valence-electron chi connectivity index (χ1n) is 8.37. The Bertz CT molecular complexity index is 412. The van der Waals surface area contributed by atoms with E-state index in [0.717, 1.165) is 57.7 Å². The molecule has 0 radical (unpaired) electrons. The highest BCUT2D eigenvalue weighted by Crippen LogP contribution is 2.19. The van der Waals surface area contributed by atoms with E-state index in [0.29, 0.717) is 18.8 Å². The second-order valence-corrected chi connectivity index (χ2v) is 5.99.